The normalized spacial score (nSPS) is 10.7. The van der Waals surface area contributed by atoms with Crippen molar-refractivity contribution in [1.29, 1.82) is 0 Å². The van der Waals surface area contributed by atoms with E-state index in [-0.39, 0.29) is 11.0 Å². The van der Waals surface area contributed by atoms with Gasteiger partial charge in [-0.25, -0.2) is 4.98 Å². The van der Waals surface area contributed by atoms with Gasteiger partial charge in [0.1, 0.15) is 10.8 Å². The van der Waals surface area contributed by atoms with Gasteiger partial charge in [-0.15, -0.1) is 11.3 Å². The molecule has 0 aliphatic rings. The first-order valence-electron chi connectivity index (χ1n) is 9.06. The number of ether oxygens (including phenoxy) is 1. The lowest BCUT2D eigenvalue weighted by Crippen LogP contribution is -2.34. The van der Waals surface area contributed by atoms with Crippen LogP contribution in [0.3, 0.4) is 0 Å². The molecule has 1 aromatic heterocycles. The van der Waals surface area contributed by atoms with Gasteiger partial charge in [0.05, 0.1) is 27.9 Å². The summed E-state index contributed by atoms with van der Waals surface area (Å²) in [6.07, 6.45) is 0. The van der Waals surface area contributed by atoms with Gasteiger partial charge in [-0.2, -0.15) is 0 Å². The monoisotopic (exact) mass is 531 g/mol. The molecule has 0 atom stereocenters. The zero-order chi connectivity index (χ0) is 22.0. The molecular weight excluding hydrogens is 518 g/mol. The van der Waals surface area contributed by atoms with Crippen LogP contribution in [0.2, 0.25) is 5.02 Å². The number of fused-ring (bicyclic) bond motifs is 1. The van der Waals surface area contributed by atoms with Crippen molar-refractivity contribution in [1.82, 2.24) is 10.3 Å². The topological polar surface area (TPSA) is 63.2 Å². The molecule has 0 saturated heterocycles. The molecule has 0 spiro atoms. The van der Waals surface area contributed by atoms with Crippen molar-refractivity contribution in [2.45, 2.75) is 0 Å². The number of hydrogen-bond donors (Lipinski definition) is 2. The Morgan fingerprint density at radius 1 is 1.16 bits per heavy atom. The number of aromatic nitrogens is 1. The number of benzene rings is 3. The largest absolute Gasteiger partial charge is 0.496 e. The molecule has 0 aliphatic carbocycles. The van der Waals surface area contributed by atoms with Crippen LogP contribution in [0.5, 0.6) is 5.75 Å². The standard InChI is InChI=1S/C22H15BrClN3O2S2/c1-29-18-9-6-12(23)10-15(18)20(28)27-22(30)25-13-7-8-14(16(24)11-13)21-26-17-4-2-3-5-19(17)31-21/h2-11H,1H3,(H2,25,27,28,30). The van der Waals surface area contributed by atoms with Crippen LogP contribution >= 0.6 is 51.1 Å². The molecule has 4 rings (SSSR count). The number of carbonyl (C=O) groups excluding carboxylic acids is 1. The van der Waals surface area contributed by atoms with Gasteiger partial charge in [-0.05, 0) is 60.7 Å². The number of carbonyl (C=O) groups is 1. The van der Waals surface area contributed by atoms with Crippen molar-refractivity contribution in [2.24, 2.45) is 0 Å². The quantitative estimate of drug-likeness (QED) is 0.293. The molecule has 1 amide bonds. The first-order chi connectivity index (χ1) is 14.9. The fourth-order valence-corrected chi connectivity index (χ4v) is 4.85. The van der Waals surface area contributed by atoms with Crippen molar-refractivity contribution in [3.8, 4) is 16.3 Å². The van der Waals surface area contributed by atoms with Crippen LogP contribution in [-0.2, 0) is 0 Å². The SMILES string of the molecule is COc1ccc(Br)cc1C(=O)NC(=S)Nc1ccc(-c2nc3ccccc3s2)c(Cl)c1. The third kappa shape index (κ3) is 4.88. The van der Waals surface area contributed by atoms with Gasteiger partial charge in [-0.1, -0.05) is 39.7 Å². The molecule has 4 aromatic rings. The molecule has 31 heavy (non-hydrogen) atoms. The average molecular weight is 533 g/mol. The molecule has 3 aromatic carbocycles. The predicted molar refractivity (Wildman–Crippen MR) is 134 cm³/mol. The van der Waals surface area contributed by atoms with Crippen LogP contribution in [0.15, 0.2) is 65.1 Å². The van der Waals surface area contributed by atoms with E-state index in [1.165, 1.54) is 7.11 Å². The van der Waals surface area contributed by atoms with E-state index in [4.69, 9.17) is 28.6 Å². The fourth-order valence-electron chi connectivity index (χ4n) is 2.94. The molecule has 0 unspecified atom stereocenters. The van der Waals surface area contributed by atoms with E-state index >= 15 is 0 Å². The Kier molecular flexibility index (Phi) is 6.52. The minimum absolute atomic E-state index is 0.149. The highest BCUT2D eigenvalue weighted by Crippen LogP contribution is 2.35. The first kappa shape index (κ1) is 21.7. The van der Waals surface area contributed by atoms with Gasteiger partial charge in [0, 0.05) is 15.7 Å². The molecule has 156 valence electrons. The van der Waals surface area contributed by atoms with Crippen LogP contribution in [0.25, 0.3) is 20.8 Å². The third-order valence-electron chi connectivity index (χ3n) is 4.38. The van der Waals surface area contributed by atoms with Gasteiger partial charge >= 0.3 is 0 Å². The molecule has 1 heterocycles. The third-order valence-corrected chi connectivity index (χ3v) is 6.46. The van der Waals surface area contributed by atoms with Crippen LogP contribution in [0.1, 0.15) is 10.4 Å². The Morgan fingerprint density at radius 3 is 2.71 bits per heavy atom. The maximum absolute atomic E-state index is 12.6. The number of nitrogens with zero attached hydrogens (tertiary/aromatic N) is 1. The Bertz CT molecular complexity index is 1280. The summed E-state index contributed by atoms with van der Waals surface area (Å²) in [7, 11) is 1.51. The summed E-state index contributed by atoms with van der Waals surface area (Å²) in [6, 6.07) is 18.6. The highest BCUT2D eigenvalue weighted by atomic mass is 79.9. The van der Waals surface area contributed by atoms with Crippen molar-refractivity contribution >= 4 is 78.0 Å². The lowest BCUT2D eigenvalue weighted by molar-refractivity contribution is 0.0974. The summed E-state index contributed by atoms with van der Waals surface area (Å²) in [5.41, 5.74) is 2.79. The van der Waals surface area contributed by atoms with Gasteiger partial charge in [-0.3, -0.25) is 10.1 Å². The molecule has 2 N–H and O–H groups in total. The first-order valence-corrected chi connectivity index (χ1v) is 11.5. The van der Waals surface area contributed by atoms with E-state index in [2.05, 4.69) is 31.5 Å². The summed E-state index contributed by atoms with van der Waals surface area (Å²) >= 11 is 16.7. The second-order valence-corrected chi connectivity index (χ2v) is 9.20. The van der Waals surface area contributed by atoms with Crippen LogP contribution in [0, 0.1) is 0 Å². The van der Waals surface area contributed by atoms with Crippen LogP contribution in [0.4, 0.5) is 5.69 Å². The van der Waals surface area contributed by atoms with Gasteiger partial charge in [0.15, 0.2) is 5.11 Å². The maximum Gasteiger partial charge on any atom is 0.261 e. The smallest absolute Gasteiger partial charge is 0.261 e. The van der Waals surface area contributed by atoms with Crippen molar-refractivity contribution < 1.29 is 9.53 Å². The highest BCUT2D eigenvalue weighted by molar-refractivity contribution is 9.10. The molecule has 0 radical (unpaired) electrons. The van der Waals surface area contributed by atoms with E-state index in [1.54, 1.807) is 35.6 Å². The van der Waals surface area contributed by atoms with Gasteiger partial charge < -0.3 is 10.1 Å². The van der Waals surface area contributed by atoms with Crippen LogP contribution < -0.4 is 15.4 Å². The van der Waals surface area contributed by atoms with Crippen molar-refractivity contribution in [3.05, 3.63) is 75.7 Å². The average Bonchev–Trinajstić information content (AvgIpc) is 3.17. The summed E-state index contributed by atoms with van der Waals surface area (Å²) in [5, 5.41) is 7.17. The van der Waals surface area contributed by atoms with Gasteiger partial charge in [0.2, 0.25) is 0 Å². The molecule has 9 heteroatoms. The van der Waals surface area contributed by atoms with E-state index in [0.717, 1.165) is 25.3 Å². The molecular formula is C22H15BrClN3O2S2. The zero-order valence-corrected chi connectivity index (χ0v) is 20.1. The number of amides is 1. The number of hydrogen-bond acceptors (Lipinski definition) is 5. The molecule has 0 aliphatic heterocycles. The second-order valence-electron chi connectivity index (χ2n) is 6.43. The number of nitrogens with one attached hydrogen (secondary N) is 2. The minimum Gasteiger partial charge on any atom is -0.496 e. The number of halogens is 2. The predicted octanol–water partition coefficient (Wildman–Crippen LogP) is 6.51. The summed E-state index contributed by atoms with van der Waals surface area (Å²) in [6.45, 7) is 0. The Labute approximate surface area is 201 Å². The number of anilines is 1. The number of para-hydroxylation sites is 1. The summed E-state index contributed by atoms with van der Waals surface area (Å²) in [5.74, 6) is 0.0691. The second kappa shape index (κ2) is 9.32. The zero-order valence-electron chi connectivity index (χ0n) is 16.1. The molecule has 5 nitrogen and oxygen atoms in total. The number of methoxy groups -OCH3 is 1. The molecule has 0 saturated carbocycles. The Morgan fingerprint density at radius 2 is 1.97 bits per heavy atom. The Hall–Kier alpha value is -2.52. The van der Waals surface area contributed by atoms with Gasteiger partial charge in [0.25, 0.3) is 5.91 Å². The number of thiocarbonyl (C=S) groups is 1. The summed E-state index contributed by atoms with van der Waals surface area (Å²) < 4.78 is 7.10. The van der Waals surface area contributed by atoms with E-state index in [9.17, 15) is 4.79 Å². The van der Waals surface area contributed by atoms with Crippen LogP contribution in [-0.4, -0.2) is 23.1 Å². The Balaban J connectivity index is 1.48. The van der Waals surface area contributed by atoms with Crippen molar-refractivity contribution in [2.75, 3.05) is 12.4 Å². The van der Waals surface area contributed by atoms with Crippen molar-refractivity contribution in [3.63, 3.8) is 0 Å². The highest BCUT2D eigenvalue weighted by Gasteiger charge is 2.15. The maximum atomic E-state index is 12.6. The molecule has 0 bridgehead atoms. The van der Waals surface area contributed by atoms with E-state index < -0.39 is 0 Å². The fraction of sp³-hybridized carbons (Fsp3) is 0.0455. The summed E-state index contributed by atoms with van der Waals surface area (Å²) in [4.78, 5) is 17.2. The molecule has 0 fully saturated rings. The minimum atomic E-state index is -0.382. The number of thiazole rings is 1. The number of rotatable bonds is 4. The lowest BCUT2D eigenvalue weighted by atomic mass is 10.2. The lowest BCUT2D eigenvalue weighted by Gasteiger charge is -2.12. The van der Waals surface area contributed by atoms with E-state index in [0.29, 0.717) is 22.0 Å². The van der Waals surface area contributed by atoms with E-state index in [1.807, 2.05) is 36.4 Å².